The summed E-state index contributed by atoms with van der Waals surface area (Å²) in [7, 11) is 1.59. The molecular weight excluding hydrogens is 316 g/mol. The van der Waals surface area contributed by atoms with Gasteiger partial charge in [0.05, 0.1) is 17.7 Å². The molecule has 1 aromatic carbocycles. The molecule has 1 rings (SSSR count). The van der Waals surface area contributed by atoms with E-state index in [0.29, 0.717) is 11.6 Å². The van der Waals surface area contributed by atoms with Crippen molar-refractivity contribution < 1.29 is 4.74 Å². The van der Waals surface area contributed by atoms with E-state index in [0.717, 1.165) is 10.2 Å². The summed E-state index contributed by atoms with van der Waals surface area (Å²) in [6.45, 7) is 4.29. The van der Waals surface area contributed by atoms with Gasteiger partial charge in [0, 0.05) is 17.3 Å². The molecule has 0 bridgehead atoms. The average Bonchev–Trinajstić information content (AvgIpc) is 2.33. The Morgan fingerprint density at radius 2 is 2.22 bits per heavy atom. The number of ether oxygens (including phenoxy) is 1. The smallest absolute Gasteiger partial charge is 0.151 e. The van der Waals surface area contributed by atoms with Gasteiger partial charge in [-0.15, -0.1) is 0 Å². The topological polar surface area (TPSA) is 45.0 Å². The fraction of sp³-hybridized carbons (Fsp3) is 0.462. The fourth-order valence-corrected chi connectivity index (χ4v) is 2.09. The Kier molecular flexibility index (Phi) is 5.46. The van der Waals surface area contributed by atoms with Gasteiger partial charge >= 0.3 is 0 Å². The third kappa shape index (κ3) is 3.38. The van der Waals surface area contributed by atoms with Crippen LogP contribution in [0.2, 0.25) is 5.02 Å². The van der Waals surface area contributed by atoms with E-state index in [4.69, 9.17) is 16.3 Å². The lowest BCUT2D eigenvalue weighted by atomic mass is 9.88. The molecule has 0 heterocycles. The molecule has 3 nitrogen and oxygen atoms in total. The first-order valence-corrected chi connectivity index (χ1v) is 6.75. The fourth-order valence-electron chi connectivity index (χ4n) is 1.60. The summed E-state index contributed by atoms with van der Waals surface area (Å²) >= 11 is 9.31. The Labute approximate surface area is 121 Å². The lowest BCUT2D eigenvalue weighted by Crippen LogP contribution is -2.46. The standard InChI is InChI=1S/C13H16BrClN2O/c1-9(2)13(7-16,8-18-3)17-10-4-5-12(15)11(14)6-10/h4-6,9,17H,8H2,1-3H3. The minimum Gasteiger partial charge on any atom is -0.381 e. The molecule has 1 atom stereocenters. The Morgan fingerprint density at radius 1 is 1.56 bits per heavy atom. The van der Waals surface area contributed by atoms with Crippen LogP contribution in [0, 0.1) is 17.2 Å². The van der Waals surface area contributed by atoms with Crippen molar-refractivity contribution in [2.24, 2.45) is 5.92 Å². The van der Waals surface area contributed by atoms with Crippen LogP contribution in [0.5, 0.6) is 0 Å². The summed E-state index contributed by atoms with van der Waals surface area (Å²) in [6, 6.07) is 7.79. The van der Waals surface area contributed by atoms with Crippen molar-refractivity contribution in [3.8, 4) is 6.07 Å². The van der Waals surface area contributed by atoms with Crippen LogP contribution in [-0.2, 0) is 4.74 Å². The van der Waals surface area contributed by atoms with E-state index in [1.165, 1.54) is 0 Å². The predicted octanol–water partition coefficient (Wildman–Crippen LogP) is 4.08. The molecule has 0 aromatic heterocycles. The number of rotatable bonds is 5. The summed E-state index contributed by atoms with van der Waals surface area (Å²) in [4.78, 5) is 0. The number of benzene rings is 1. The van der Waals surface area contributed by atoms with Crippen molar-refractivity contribution in [2.45, 2.75) is 19.4 Å². The van der Waals surface area contributed by atoms with Crippen LogP contribution < -0.4 is 5.32 Å². The highest BCUT2D eigenvalue weighted by atomic mass is 79.9. The number of nitrogens with one attached hydrogen (secondary N) is 1. The highest BCUT2D eigenvalue weighted by molar-refractivity contribution is 9.10. The zero-order valence-corrected chi connectivity index (χ0v) is 13.0. The molecule has 5 heteroatoms. The van der Waals surface area contributed by atoms with E-state index in [2.05, 4.69) is 27.3 Å². The minimum atomic E-state index is -0.748. The van der Waals surface area contributed by atoms with Gasteiger partial charge in [-0.25, -0.2) is 0 Å². The maximum Gasteiger partial charge on any atom is 0.151 e. The van der Waals surface area contributed by atoms with E-state index in [-0.39, 0.29) is 5.92 Å². The van der Waals surface area contributed by atoms with Crippen LogP contribution in [-0.4, -0.2) is 19.3 Å². The van der Waals surface area contributed by atoms with E-state index in [1.807, 2.05) is 26.0 Å². The molecule has 0 saturated carbocycles. The molecule has 0 amide bonds. The summed E-state index contributed by atoms with van der Waals surface area (Å²) in [5.41, 5.74) is 0.0840. The first-order chi connectivity index (χ1) is 8.45. The average molecular weight is 332 g/mol. The van der Waals surface area contributed by atoms with Gasteiger partial charge in [0.25, 0.3) is 0 Å². The highest BCUT2D eigenvalue weighted by Crippen LogP contribution is 2.29. The Morgan fingerprint density at radius 3 is 2.67 bits per heavy atom. The van der Waals surface area contributed by atoms with Gasteiger partial charge < -0.3 is 10.1 Å². The lowest BCUT2D eigenvalue weighted by molar-refractivity contribution is 0.144. The Hall–Kier alpha value is -0.760. The number of hydrogen-bond donors (Lipinski definition) is 1. The highest BCUT2D eigenvalue weighted by Gasteiger charge is 2.34. The first kappa shape index (κ1) is 15.3. The molecule has 1 aromatic rings. The van der Waals surface area contributed by atoms with Crippen LogP contribution in [0.4, 0.5) is 5.69 Å². The van der Waals surface area contributed by atoms with Crippen LogP contribution >= 0.6 is 27.5 Å². The summed E-state index contributed by atoms with van der Waals surface area (Å²) in [5, 5.41) is 13.3. The largest absolute Gasteiger partial charge is 0.381 e. The quantitative estimate of drug-likeness (QED) is 0.884. The zero-order chi connectivity index (χ0) is 13.8. The van der Waals surface area contributed by atoms with Gasteiger partial charge in [-0.1, -0.05) is 25.4 Å². The monoisotopic (exact) mass is 330 g/mol. The van der Waals surface area contributed by atoms with Crippen molar-refractivity contribution in [1.82, 2.24) is 0 Å². The zero-order valence-electron chi connectivity index (χ0n) is 10.6. The van der Waals surface area contributed by atoms with E-state index in [9.17, 15) is 5.26 Å². The maximum absolute atomic E-state index is 9.43. The summed E-state index contributed by atoms with van der Waals surface area (Å²) < 4.78 is 5.96. The third-order valence-electron chi connectivity index (χ3n) is 2.84. The normalized spacial score (nSPS) is 14.1. The summed E-state index contributed by atoms with van der Waals surface area (Å²) in [5.74, 6) is 0.108. The van der Waals surface area contributed by atoms with E-state index >= 15 is 0 Å². The number of hydrogen-bond acceptors (Lipinski definition) is 3. The van der Waals surface area contributed by atoms with Gasteiger partial charge in [0.1, 0.15) is 0 Å². The van der Waals surface area contributed by atoms with E-state index in [1.54, 1.807) is 13.2 Å². The number of anilines is 1. The molecular formula is C13H16BrClN2O. The lowest BCUT2D eigenvalue weighted by Gasteiger charge is -2.32. The molecule has 18 heavy (non-hydrogen) atoms. The number of nitriles is 1. The van der Waals surface area contributed by atoms with E-state index < -0.39 is 5.54 Å². The Bertz CT molecular complexity index is 459. The number of nitrogens with zero attached hydrogens (tertiary/aromatic N) is 1. The molecule has 0 spiro atoms. The van der Waals surface area contributed by atoms with Crippen molar-refractivity contribution in [1.29, 1.82) is 5.26 Å². The first-order valence-electron chi connectivity index (χ1n) is 5.58. The minimum absolute atomic E-state index is 0.108. The van der Waals surface area contributed by atoms with Crippen molar-refractivity contribution >= 4 is 33.2 Å². The Balaban J connectivity index is 3.03. The number of methoxy groups -OCH3 is 1. The van der Waals surface area contributed by atoms with Gasteiger partial charge in [0.15, 0.2) is 5.54 Å². The predicted molar refractivity (Wildman–Crippen MR) is 77.8 cm³/mol. The van der Waals surface area contributed by atoms with Gasteiger partial charge in [-0.2, -0.15) is 5.26 Å². The van der Waals surface area contributed by atoms with Crippen LogP contribution in [0.15, 0.2) is 22.7 Å². The molecule has 0 radical (unpaired) electrons. The van der Waals surface area contributed by atoms with Crippen LogP contribution in [0.25, 0.3) is 0 Å². The molecule has 0 aliphatic heterocycles. The second-order valence-corrected chi connectivity index (χ2v) is 5.69. The molecule has 0 saturated heterocycles. The molecule has 1 unspecified atom stereocenters. The second kappa shape index (κ2) is 6.42. The SMILES string of the molecule is COCC(C#N)(Nc1ccc(Cl)c(Br)c1)C(C)C. The van der Waals surface area contributed by atoms with Crippen LogP contribution in [0.1, 0.15) is 13.8 Å². The second-order valence-electron chi connectivity index (χ2n) is 4.42. The van der Waals surface area contributed by atoms with Crippen molar-refractivity contribution in [2.75, 3.05) is 19.0 Å². The van der Waals surface area contributed by atoms with Gasteiger partial charge in [0.2, 0.25) is 0 Å². The maximum atomic E-state index is 9.43. The molecule has 0 aliphatic rings. The van der Waals surface area contributed by atoms with Crippen molar-refractivity contribution in [3.05, 3.63) is 27.7 Å². The molecule has 0 aliphatic carbocycles. The van der Waals surface area contributed by atoms with Gasteiger partial charge in [-0.3, -0.25) is 0 Å². The van der Waals surface area contributed by atoms with Crippen LogP contribution in [0.3, 0.4) is 0 Å². The summed E-state index contributed by atoms with van der Waals surface area (Å²) in [6.07, 6.45) is 0. The third-order valence-corrected chi connectivity index (χ3v) is 4.06. The number of halogens is 2. The molecule has 0 fully saturated rings. The molecule has 1 N–H and O–H groups in total. The van der Waals surface area contributed by atoms with Crippen molar-refractivity contribution in [3.63, 3.8) is 0 Å². The van der Waals surface area contributed by atoms with Gasteiger partial charge in [-0.05, 0) is 40.0 Å². The molecule has 98 valence electrons.